The number of unbranched alkanes of at least 4 members (excludes halogenated alkanes) is 4. The third kappa shape index (κ3) is 11.2. The van der Waals surface area contributed by atoms with Crippen LogP contribution >= 0.6 is 24.8 Å². The average molecular weight is 329 g/mol. The first kappa shape index (κ1) is 18.3. The fourth-order valence-corrected chi connectivity index (χ4v) is 1.79. The molecule has 4 heteroatoms. The van der Waals surface area contributed by atoms with Crippen LogP contribution in [0.1, 0.15) is 52.4 Å². The van der Waals surface area contributed by atoms with E-state index >= 15 is 0 Å². The Bertz CT molecular complexity index is 144. The third-order valence-corrected chi connectivity index (χ3v) is 2.87. The minimum Gasteiger partial charge on any atom is -0.358 e. The van der Waals surface area contributed by atoms with Crippen LogP contribution in [0.25, 0.3) is 0 Å². The first-order chi connectivity index (χ1) is 6.72. The first-order valence-electron chi connectivity index (χ1n) is 5.70. The molecule has 0 bridgehead atoms. The van der Waals surface area contributed by atoms with Crippen LogP contribution in [-0.4, -0.2) is 22.3 Å². The summed E-state index contributed by atoms with van der Waals surface area (Å²) in [6, 6.07) is 0. The third-order valence-electron chi connectivity index (χ3n) is 2.33. The SMILES string of the molecule is CCCCCN(CCCCC)C(=S)S.[Mo]. The summed E-state index contributed by atoms with van der Waals surface area (Å²) in [6.45, 7) is 6.61. The summed E-state index contributed by atoms with van der Waals surface area (Å²) in [4.78, 5) is 2.23. The Hall–Kier alpha value is 0.928. The monoisotopic (exact) mass is 331 g/mol. The average Bonchev–Trinajstić information content (AvgIpc) is 2.15. The van der Waals surface area contributed by atoms with Crippen molar-refractivity contribution < 1.29 is 21.1 Å². The second kappa shape index (κ2) is 13.0. The van der Waals surface area contributed by atoms with Crippen LogP contribution in [0.4, 0.5) is 0 Å². The molecule has 0 radical (unpaired) electrons. The van der Waals surface area contributed by atoms with Gasteiger partial charge in [0.15, 0.2) is 0 Å². The van der Waals surface area contributed by atoms with Crippen molar-refractivity contribution in [1.82, 2.24) is 4.90 Å². The molecule has 0 aromatic carbocycles. The molecule has 0 amide bonds. The topological polar surface area (TPSA) is 3.24 Å². The van der Waals surface area contributed by atoms with Crippen LogP contribution in [0.3, 0.4) is 0 Å². The van der Waals surface area contributed by atoms with Gasteiger partial charge in [-0.05, 0) is 12.8 Å². The summed E-state index contributed by atoms with van der Waals surface area (Å²) in [5.74, 6) is 0. The van der Waals surface area contributed by atoms with Gasteiger partial charge in [0.1, 0.15) is 4.32 Å². The number of rotatable bonds is 8. The van der Waals surface area contributed by atoms with E-state index in [1.165, 1.54) is 38.5 Å². The fraction of sp³-hybridized carbons (Fsp3) is 0.909. The predicted octanol–water partition coefficient (Wildman–Crippen LogP) is 3.88. The van der Waals surface area contributed by atoms with E-state index in [4.69, 9.17) is 12.2 Å². The van der Waals surface area contributed by atoms with Crippen molar-refractivity contribution in [2.45, 2.75) is 52.4 Å². The first-order valence-corrected chi connectivity index (χ1v) is 6.55. The smallest absolute Gasteiger partial charge is 0.133 e. The van der Waals surface area contributed by atoms with Crippen molar-refractivity contribution in [2.75, 3.05) is 13.1 Å². The Morgan fingerprint density at radius 3 is 1.67 bits per heavy atom. The number of nitrogens with zero attached hydrogens (tertiary/aromatic N) is 1. The molecule has 0 aliphatic carbocycles. The molecular formula is C11H23MoNS2. The fourth-order valence-electron chi connectivity index (χ4n) is 1.41. The van der Waals surface area contributed by atoms with Gasteiger partial charge in [-0.3, -0.25) is 0 Å². The molecule has 0 atom stereocenters. The molecule has 0 aliphatic rings. The molecule has 0 saturated heterocycles. The van der Waals surface area contributed by atoms with E-state index in [2.05, 4.69) is 31.4 Å². The number of hydrogen-bond donors (Lipinski definition) is 1. The van der Waals surface area contributed by atoms with Gasteiger partial charge < -0.3 is 4.90 Å². The predicted molar refractivity (Wildman–Crippen MR) is 72.2 cm³/mol. The quantitative estimate of drug-likeness (QED) is 0.312. The van der Waals surface area contributed by atoms with Crippen LogP contribution in [0, 0.1) is 0 Å². The van der Waals surface area contributed by atoms with Crippen molar-refractivity contribution in [2.24, 2.45) is 0 Å². The maximum absolute atomic E-state index is 5.11. The van der Waals surface area contributed by atoms with Gasteiger partial charge in [-0.25, -0.2) is 0 Å². The van der Waals surface area contributed by atoms with Crippen molar-refractivity contribution in [3.63, 3.8) is 0 Å². The van der Waals surface area contributed by atoms with E-state index in [1.54, 1.807) is 0 Å². The second-order valence-corrected chi connectivity index (χ2v) is 4.80. The standard InChI is InChI=1S/C11H23NS2.Mo/c1-3-5-7-9-12(11(13)14)10-8-6-4-2;/h3-10H2,1-2H3,(H,13,14);. The van der Waals surface area contributed by atoms with Crippen LogP contribution < -0.4 is 0 Å². The summed E-state index contributed by atoms with van der Waals surface area (Å²) >= 11 is 9.36. The minimum atomic E-state index is 0. The van der Waals surface area contributed by atoms with Gasteiger partial charge in [-0.1, -0.05) is 51.7 Å². The number of thiocarbonyl (C=S) groups is 1. The Kier molecular flexibility index (Phi) is 15.9. The Labute approximate surface area is 120 Å². The Morgan fingerprint density at radius 2 is 1.40 bits per heavy atom. The zero-order valence-electron chi connectivity index (χ0n) is 9.87. The molecular weight excluding hydrogens is 306 g/mol. The van der Waals surface area contributed by atoms with Gasteiger partial charge in [-0.15, -0.1) is 12.6 Å². The zero-order chi connectivity index (χ0) is 10.8. The molecule has 0 N–H and O–H groups in total. The molecule has 1 nitrogen and oxygen atoms in total. The summed E-state index contributed by atoms with van der Waals surface area (Å²) in [6.07, 6.45) is 7.60. The molecule has 15 heavy (non-hydrogen) atoms. The molecule has 0 rings (SSSR count). The molecule has 0 fully saturated rings. The second-order valence-electron chi connectivity index (χ2n) is 3.68. The van der Waals surface area contributed by atoms with Gasteiger partial charge in [0, 0.05) is 34.2 Å². The van der Waals surface area contributed by atoms with Gasteiger partial charge in [0.2, 0.25) is 0 Å². The van der Waals surface area contributed by atoms with Gasteiger partial charge in [0.05, 0.1) is 0 Å². The van der Waals surface area contributed by atoms with E-state index in [9.17, 15) is 0 Å². The van der Waals surface area contributed by atoms with Gasteiger partial charge in [0.25, 0.3) is 0 Å². The summed E-state index contributed by atoms with van der Waals surface area (Å²) in [5, 5.41) is 0. The molecule has 0 aromatic heterocycles. The van der Waals surface area contributed by atoms with Crippen molar-refractivity contribution in [3.8, 4) is 0 Å². The summed E-state index contributed by atoms with van der Waals surface area (Å²) in [7, 11) is 0. The zero-order valence-corrected chi connectivity index (χ0v) is 13.6. The van der Waals surface area contributed by atoms with Crippen molar-refractivity contribution in [3.05, 3.63) is 0 Å². The van der Waals surface area contributed by atoms with E-state index in [0.29, 0.717) is 0 Å². The molecule has 0 spiro atoms. The minimum absolute atomic E-state index is 0. The summed E-state index contributed by atoms with van der Waals surface area (Å²) in [5.41, 5.74) is 0. The van der Waals surface area contributed by atoms with E-state index in [-0.39, 0.29) is 21.1 Å². The van der Waals surface area contributed by atoms with Gasteiger partial charge in [-0.2, -0.15) is 0 Å². The molecule has 0 heterocycles. The number of hydrogen-bond acceptors (Lipinski definition) is 1. The Balaban J connectivity index is 0. The molecule has 90 valence electrons. The van der Waals surface area contributed by atoms with E-state index in [0.717, 1.165) is 17.4 Å². The normalized spacial score (nSPS) is 9.53. The maximum Gasteiger partial charge on any atom is 0.133 e. The molecule has 0 aromatic rings. The summed E-state index contributed by atoms with van der Waals surface area (Å²) < 4.78 is 0.761. The number of thiol groups is 1. The maximum atomic E-state index is 5.11. The van der Waals surface area contributed by atoms with Crippen LogP contribution in [0.5, 0.6) is 0 Å². The molecule has 0 saturated carbocycles. The molecule has 0 aliphatic heterocycles. The van der Waals surface area contributed by atoms with Crippen molar-refractivity contribution in [1.29, 1.82) is 0 Å². The van der Waals surface area contributed by atoms with Crippen LogP contribution in [0.15, 0.2) is 0 Å². The van der Waals surface area contributed by atoms with E-state index in [1.807, 2.05) is 0 Å². The Morgan fingerprint density at radius 1 is 1.00 bits per heavy atom. The van der Waals surface area contributed by atoms with Crippen LogP contribution in [0.2, 0.25) is 0 Å². The molecule has 0 unspecified atom stereocenters. The van der Waals surface area contributed by atoms with Crippen molar-refractivity contribution >= 4 is 29.2 Å². The van der Waals surface area contributed by atoms with Gasteiger partial charge >= 0.3 is 0 Å². The van der Waals surface area contributed by atoms with Crippen LogP contribution in [-0.2, 0) is 21.1 Å². The largest absolute Gasteiger partial charge is 0.358 e. The van der Waals surface area contributed by atoms with E-state index < -0.39 is 0 Å².